The average molecular weight is 306 g/mol. The first-order valence-electron chi connectivity index (χ1n) is 7.32. The molecule has 2 rings (SSSR count). The van der Waals surface area contributed by atoms with E-state index in [0.29, 0.717) is 26.2 Å². The molecule has 0 aliphatic carbocycles. The van der Waals surface area contributed by atoms with Gasteiger partial charge in [0.15, 0.2) is 4.80 Å². The molecule has 0 unspecified atom stereocenters. The number of rotatable bonds is 5. The topological polar surface area (TPSA) is 43.6 Å². The molecule has 0 N–H and O–H groups in total. The second-order valence-electron chi connectivity index (χ2n) is 5.02. The number of benzene rings is 1. The molecule has 0 saturated carbocycles. The molecule has 1 amide bonds. The molecule has 0 aliphatic rings. The van der Waals surface area contributed by atoms with E-state index in [1.165, 1.54) is 15.8 Å². The minimum Gasteiger partial charge on any atom is -0.380 e. The highest BCUT2D eigenvalue weighted by Crippen LogP contribution is 2.23. The van der Waals surface area contributed by atoms with Crippen molar-refractivity contribution in [2.24, 2.45) is 4.99 Å². The van der Waals surface area contributed by atoms with Crippen molar-refractivity contribution >= 4 is 27.5 Å². The Morgan fingerprint density at radius 1 is 1.33 bits per heavy atom. The number of fused-ring (bicyclic) bond motifs is 1. The Balaban J connectivity index is 2.60. The molecule has 0 fully saturated rings. The van der Waals surface area contributed by atoms with Crippen molar-refractivity contribution in [2.75, 3.05) is 13.2 Å². The third-order valence-corrected chi connectivity index (χ3v) is 4.53. The smallest absolute Gasteiger partial charge is 0.248 e. The van der Waals surface area contributed by atoms with Crippen LogP contribution < -0.4 is 4.80 Å². The molecule has 2 aromatic rings. The molecular formula is C16H22N2O2S. The van der Waals surface area contributed by atoms with Crippen molar-refractivity contribution in [3.8, 4) is 0 Å². The average Bonchev–Trinajstić information content (AvgIpc) is 2.77. The van der Waals surface area contributed by atoms with E-state index in [9.17, 15) is 4.79 Å². The van der Waals surface area contributed by atoms with Gasteiger partial charge in [0.2, 0.25) is 5.91 Å². The predicted octanol–water partition coefficient (Wildman–Crippen LogP) is 3.19. The van der Waals surface area contributed by atoms with E-state index in [1.807, 2.05) is 13.8 Å². The van der Waals surface area contributed by atoms with E-state index in [4.69, 9.17) is 4.74 Å². The highest BCUT2D eigenvalue weighted by atomic mass is 32.1. The van der Waals surface area contributed by atoms with Gasteiger partial charge in [-0.25, -0.2) is 0 Å². The molecule has 1 heterocycles. The maximum Gasteiger partial charge on any atom is 0.248 e. The van der Waals surface area contributed by atoms with Crippen LogP contribution in [0.25, 0.3) is 10.2 Å². The highest BCUT2D eigenvalue weighted by Gasteiger charge is 2.10. The summed E-state index contributed by atoms with van der Waals surface area (Å²) in [4.78, 5) is 16.7. The summed E-state index contributed by atoms with van der Waals surface area (Å²) in [6.07, 6.45) is 0.428. The Morgan fingerprint density at radius 3 is 2.76 bits per heavy atom. The lowest BCUT2D eigenvalue weighted by molar-refractivity contribution is -0.117. The second-order valence-corrected chi connectivity index (χ2v) is 6.00. The van der Waals surface area contributed by atoms with Crippen LogP contribution in [0, 0.1) is 13.8 Å². The van der Waals surface area contributed by atoms with E-state index in [2.05, 4.69) is 35.5 Å². The molecule has 114 valence electrons. The van der Waals surface area contributed by atoms with Gasteiger partial charge in [-0.2, -0.15) is 4.99 Å². The predicted molar refractivity (Wildman–Crippen MR) is 86.6 cm³/mol. The number of thiazole rings is 1. The van der Waals surface area contributed by atoms with Gasteiger partial charge < -0.3 is 9.30 Å². The monoisotopic (exact) mass is 306 g/mol. The molecular weight excluding hydrogens is 284 g/mol. The van der Waals surface area contributed by atoms with Crippen LogP contribution in [-0.2, 0) is 16.1 Å². The van der Waals surface area contributed by atoms with Gasteiger partial charge in [-0.15, -0.1) is 0 Å². The van der Waals surface area contributed by atoms with Crippen molar-refractivity contribution in [2.45, 2.75) is 40.7 Å². The van der Waals surface area contributed by atoms with Crippen LogP contribution in [0.1, 0.15) is 31.4 Å². The Kier molecular flexibility index (Phi) is 5.31. The van der Waals surface area contributed by atoms with Gasteiger partial charge in [-0.3, -0.25) is 4.79 Å². The number of amides is 1. The quantitative estimate of drug-likeness (QED) is 0.796. The summed E-state index contributed by atoms with van der Waals surface area (Å²) in [5.41, 5.74) is 3.58. The zero-order valence-corrected chi connectivity index (χ0v) is 13.9. The van der Waals surface area contributed by atoms with Gasteiger partial charge in [0.1, 0.15) is 0 Å². The summed E-state index contributed by atoms with van der Waals surface area (Å²) in [7, 11) is 0. The fourth-order valence-corrected chi connectivity index (χ4v) is 3.42. The van der Waals surface area contributed by atoms with Crippen molar-refractivity contribution in [1.29, 1.82) is 0 Å². The zero-order chi connectivity index (χ0) is 15.4. The normalized spacial score (nSPS) is 12.3. The fourth-order valence-electron chi connectivity index (χ4n) is 2.30. The van der Waals surface area contributed by atoms with E-state index in [0.717, 1.165) is 10.3 Å². The number of carbonyl (C=O) groups excluding carboxylic acids is 1. The molecule has 0 atom stereocenters. The molecule has 0 spiro atoms. The first-order chi connectivity index (χ1) is 10.1. The Hall–Kier alpha value is -1.46. The van der Waals surface area contributed by atoms with Crippen LogP contribution in [0.3, 0.4) is 0 Å². The largest absolute Gasteiger partial charge is 0.380 e. The fraction of sp³-hybridized carbons (Fsp3) is 0.500. The van der Waals surface area contributed by atoms with E-state index >= 15 is 0 Å². The molecule has 4 nitrogen and oxygen atoms in total. The van der Waals surface area contributed by atoms with Crippen LogP contribution in [0.4, 0.5) is 0 Å². The molecule has 1 aromatic heterocycles. The second kappa shape index (κ2) is 7.00. The van der Waals surface area contributed by atoms with Crippen molar-refractivity contribution < 1.29 is 9.53 Å². The van der Waals surface area contributed by atoms with Crippen LogP contribution in [0.2, 0.25) is 0 Å². The third kappa shape index (κ3) is 3.60. The molecule has 0 bridgehead atoms. The van der Waals surface area contributed by atoms with Crippen LogP contribution >= 0.6 is 11.3 Å². The maximum atomic E-state index is 11.7. The van der Waals surface area contributed by atoms with Crippen molar-refractivity contribution in [3.63, 3.8) is 0 Å². The van der Waals surface area contributed by atoms with E-state index in [-0.39, 0.29) is 5.91 Å². The van der Waals surface area contributed by atoms with Gasteiger partial charge in [-0.1, -0.05) is 24.3 Å². The van der Waals surface area contributed by atoms with Crippen LogP contribution in [0.15, 0.2) is 17.1 Å². The van der Waals surface area contributed by atoms with Gasteiger partial charge in [-0.05, 0) is 38.0 Å². The summed E-state index contributed by atoms with van der Waals surface area (Å²) in [5.74, 6) is -0.0823. The van der Waals surface area contributed by atoms with Gasteiger partial charge in [0, 0.05) is 19.6 Å². The van der Waals surface area contributed by atoms with E-state index < -0.39 is 0 Å². The van der Waals surface area contributed by atoms with Crippen molar-refractivity contribution in [1.82, 2.24) is 4.57 Å². The number of hydrogen-bond acceptors (Lipinski definition) is 3. The first kappa shape index (κ1) is 15.9. The molecule has 21 heavy (non-hydrogen) atoms. The highest BCUT2D eigenvalue weighted by molar-refractivity contribution is 7.16. The maximum absolute atomic E-state index is 11.7. The molecule has 0 aliphatic heterocycles. The van der Waals surface area contributed by atoms with Gasteiger partial charge >= 0.3 is 0 Å². The summed E-state index contributed by atoms with van der Waals surface area (Å²) in [6, 6.07) is 4.32. The molecule has 0 saturated heterocycles. The lowest BCUT2D eigenvalue weighted by Gasteiger charge is -2.06. The number of carbonyl (C=O) groups is 1. The minimum absolute atomic E-state index is 0.0823. The standard InChI is InChI=1S/C16H22N2O2S/c1-5-14(19)17-16-18(7-8-20-6-2)13-10-11(3)9-12(4)15(13)21-16/h9-10H,5-8H2,1-4H3. The molecule has 1 aromatic carbocycles. The van der Waals surface area contributed by atoms with Crippen LogP contribution in [0.5, 0.6) is 0 Å². The summed E-state index contributed by atoms with van der Waals surface area (Å²) in [6.45, 7) is 10.0. The minimum atomic E-state index is -0.0823. The van der Waals surface area contributed by atoms with Gasteiger partial charge in [0.05, 0.1) is 16.8 Å². The molecule has 5 heteroatoms. The van der Waals surface area contributed by atoms with Crippen molar-refractivity contribution in [3.05, 3.63) is 28.1 Å². The Bertz CT molecular complexity index is 713. The van der Waals surface area contributed by atoms with Gasteiger partial charge in [0.25, 0.3) is 0 Å². The van der Waals surface area contributed by atoms with Crippen LogP contribution in [-0.4, -0.2) is 23.7 Å². The lowest BCUT2D eigenvalue weighted by Crippen LogP contribution is -2.19. The first-order valence-corrected chi connectivity index (χ1v) is 8.14. The SMILES string of the molecule is CCOCCn1c(=NC(=O)CC)sc2c(C)cc(C)cc21. The van der Waals surface area contributed by atoms with E-state index in [1.54, 1.807) is 11.3 Å². The zero-order valence-electron chi connectivity index (χ0n) is 13.1. The Morgan fingerprint density at radius 2 is 2.10 bits per heavy atom. The summed E-state index contributed by atoms with van der Waals surface area (Å²) < 4.78 is 8.75. The number of aryl methyl sites for hydroxylation is 2. The number of aromatic nitrogens is 1. The lowest BCUT2D eigenvalue weighted by atomic mass is 10.1. The number of ether oxygens (including phenoxy) is 1. The molecule has 0 radical (unpaired) electrons. The summed E-state index contributed by atoms with van der Waals surface area (Å²) in [5, 5.41) is 0. The number of nitrogens with zero attached hydrogens (tertiary/aromatic N) is 2. The third-order valence-electron chi connectivity index (χ3n) is 3.30. The number of hydrogen-bond donors (Lipinski definition) is 0. The Labute approximate surface area is 129 Å². The summed E-state index contributed by atoms with van der Waals surface area (Å²) >= 11 is 1.58.